The molecule has 0 bridgehead atoms. The second-order valence-electron chi connectivity index (χ2n) is 5.08. The third-order valence-corrected chi connectivity index (χ3v) is 3.61. The summed E-state index contributed by atoms with van der Waals surface area (Å²) in [7, 11) is 0. The van der Waals surface area contributed by atoms with E-state index in [9.17, 15) is 9.90 Å². The molecule has 0 saturated carbocycles. The zero-order valence-electron chi connectivity index (χ0n) is 11.6. The number of amides is 1. The monoisotopic (exact) mass is 283 g/mol. The van der Waals surface area contributed by atoms with Crippen molar-refractivity contribution in [1.82, 2.24) is 0 Å². The van der Waals surface area contributed by atoms with E-state index < -0.39 is 6.10 Å². The Balaban J connectivity index is 1.62. The van der Waals surface area contributed by atoms with Gasteiger partial charge in [-0.05, 0) is 36.6 Å². The number of rotatable bonds is 4. The summed E-state index contributed by atoms with van der Waals surface area (Å²) in [6, 6.07) is 14.9. The highest BCUT2D eigenvalue weighted by Crippen LogP contribution is 2.36. The lowest BCUT2D eigenvalue weighted by molar-refractivity contribution is -0.118. The fourth-order valence-corrected chi connectivity index (χ4v) is 2.60. The van der Waals surface area contributed by atoms with E-state index in [4.69, 9.17) is 4.74 Å². The van der Waals surface area contributed by atoms with Crippen LogP contribution in [0.3, 0.4) is 0 Å². The second kappa shape index (κ2) is 5.97. The largest absolute Gasteiger partial charge is 0.483 e. The van der Waals surface area contributed by atoms with E-state index in [1.807, 2.05) is 48.5 Å². The Kier molecular flexibility index (Phi) is 3.88. The maximum atomic E-state index is 11.9. The molecule has 4 nitrogen and oxygen atoms in total. The van der Waals surface area contributed by atoms with Crippen molar-refractivity contribution in [3.05, 3.63) is 59.7 Å². The Morgan fingerprint density at radius 3 is 2.81 bits per heavy atom. The smallest absolute Gasteiger partial charge is 0.262 e. The first-order valence-electron chi connectivity index (χ1n) is 7.01. The minimum absolute atomic E-state index is 0.0402. The van der Waals surface area contributed by atoms with Gasteiger partial charge in [-0.15, -0.1) is 0 Å². The van der Waals surface area contributed by atoms with Gasteiger partial charge in [0.1, 0.15) is 5.75 Å². The summed E-state index contributed by atoms with van der Waals surface area (Å²) in [6.07, 6.45) is 1.08. The van der Waals surface area contributed by atoms with Crippen molar-refractivity contribution in [2.24, 2.45) is 0 Å². The van der Waals surface area contributed by atoms with Gasteiger partial charge >= 0.3 is 0 Å². The summed E-state index contributed by atoms with van der Waals surface area (Å²) in [5, 5.41) is 12.6. The van der Waals surface area contributed by atoms with Crippen molar-refractivity contribution < 1.29 is 14.6 Å². The molecule has 2 aromatic carbocycles. The average molecular weight is 283 g/mol. The van der Waals surface area contributed by atoms with E-state index >= 15 is 0 Å². The number of anilines is 1. The van der Waals surface area contributed by atoms with Crippen molar-refractivity contribution >= 4 is 11.6 Å². The summed E-state index contributed by atoms with van der Waals surface area (Å²) < 4.78 is 5.61. The third-order valence-electron chi connectivity index (χ3n) is 3.61. The first kappa shape index (κ1) is 13.6. The normalized spacial score (nSPS) is 16.3. The molecule has 0 fully saturated rings. The summed E-state index contributed by atoms with van der Waals surface area (Å²) >= 11 is 0. The average Bonchev–Trinajstić information content (AvgIpc) is 2.88. The van der Waals surface area contributed by atoms with Crippen LogP contribution in [0, 0.1) is 0 Å². The molecule has 21 heavy (non-hydrogen) atoms. The van der Waals surface area contributed by atoms with Crippen molar-refractivity contribution in [1.29, 1.82) is 0 Å². The van der Waals surface area contributed by atoms with Gasteiger partial charge in [0.25, 0.3) is 5.91 Å². The van der Waals surface area contributed by atoms with Gasteiger partial charge in [0.2, 0.25) is 0 Å². The van der Waals surface area contributed by atoms with Crippen LogP contribution in [0.4, 0.5) is 5.69 Å². The van der Waals surface area contributed by atoms with Crippen LogP contribution in [0.1, 0.15) is 23.7 Å². The fourth-order valence-electron chi connectivity index (χ4n) is 2.60. The molecule has 1 aliphatic rings. The SMILES string of the molecule is O=C(COc1cccc2c1CCC2O)Nc1ccccc1. The van der Waals surface area contributed by atoms with Crippen LogP contribution in [0.15, 0.2) is 48.5 Å². The highest BCUT2D eigenvalue weighted by atomic mass is 16.5. The zero-order chi connectivity index (χ0) is 14.7. The van der Waals surface area contributed by atoms with E-state index in [1.165, 1.54) is 0 Å². The lowest BCUT2D eigenvalue weighted by atomic mass is 10.1. The Morgan fingerprint density at radius 1 is 1.19 bits per heavy atom. The topological polar surface area (TPSA) is 58.6 Å². The summed E-state index contributed by atoms with van der Waals surface area (Å²) in [6.45, 7) is -0.0402. The van der Waals surface area contributed by atoms with Crippen molar-refractivity contribution in [3.8, 4) is 5.75 Å². The van der Waals surface area contributed by atoms with Crippen LogP contribution in [0.5, 0.6) is 5.75 Å². The van der Waals surface area contributed by atoms with Gasteiger partial charge < -0.3 is 15.2 Å². The van der Waals surface area contributed by atoms with Crippen LogP contribution in [0.25, 0.3) is 0 Å². The molecule has 1 unspecified atom stereocenters. The molecule has 1 aliphatic carbocycles. The molecule has 2 aromatic rings. The standard InChI is InChI=1S/C17H17NO3/c19-15-10-9-14-13(15)7-4-8-16(14)21-11-17(20)18-12-5-2-1-3-6-12/h1-8,15,19H,9-11H2,(H,18,20). The minimum Gasteiger partial charge on any atom is -0.483 e. The molecule has 0 saturated heterocycles. The number of hydrogen-bond donors (Lipinski definition) is 2. The maximum Gasteiger partial charge on any atom is 0.262 e. The lowest BCUT2D eigenvalue weighted by Crippen LogP contribution is -2.20. The molecule has 2 N–H and O–H groups in total. The molecule has 108 valence electrons. The van der Waals surface area contributed by atoms with Crippen LogP contribution in [0.2, 0.25) is 0 Å². The molecular formula is C17H17NO3. The zero-order valence-corrected chi connectivity index (χ0v) is 11.6. The summed E-state index contributed by atoms with van der Waals surface area (Å²) in [5.74, 6) is 0.490. The first-order chi connectivity index (χ1) is 10.2. The van der Waals surface area contributed by atoms with E-state index in [1.54, 1.807) is 0 Å². The number of hydrogen-bond acceptors (Lipinski definition) is 3. The number of fused-ring (bicyclic) bond motifs is 1. The molecule has 0 aliphatic heterocycles. The van der Waals surface area contributed by atoms with E-state index in [0.717, 1.165) is 23.2 Å². The van der Waals surface area contributed by atoms with Crippen molar-refractivity contribution in [3.63, 3.8) is 0 Å². The van der Waals surface area contributed by atoms with Crippen LogP contribution >= 0.6 is 0 Å². The number of para-hydroxylation sites is 1. The Labute approximate surface area is 123 Å². The number of aliphatic hydroxyl groups excluding tert-OH is 1. The van der Waals surface area contributed by atoms with Gasteiger partial charge in [0, 0.05) is 11.3 Å². The molecule has 0 aromatic heterocycles. The summed E-state index contributed by atoms with van der Waals surface area (Å²) in [5.41, 5.74) is 2.67. The van der Waals surface area contributed by atoms with Crippen molar-refractivity contribution in [2.75, 3.05) is 11.9 Å². The number of ether oxygens (including phenoxy) is 1. The highest BCUT2D eigenvalue weighted by molar-refractivity contribution is 5.91. The van der Waals surface area contributed by atoms with E-state index in [2.05, 4.69) is 5.32 Å². The van der Waals surface area contributed by atoms with E-state index in [-0.39, 0.29) is 12.5 Å². The Morgan fingerprint density at radius 2 is 2.00 bits per heavy atom. The molecule has 3 rings (SSSR count). The fraction of sp³-hybridized carbons (Fsp3) is 0.235. The van der Waals surface area contributed by atoms with Crippen LogP contribution in [-0.2, 0) is 11.2 Å². The van der Waals surface area contributed by atoms with Gasteiger partial charge in [-0.1, -0.05) is 30.3 Å². The van der Waals surface area contributed by atoms with Gasteiger partial charge in [-0.2, -0.15) is 0 Å². The number of benzene rings is 2. The molecule has 1 amide bonds. The number of carbonyl (C=O) groups is 1. The third kappa shape index (κ3) is 3.06. The quantitative estimate of drug-likeness (QED) is 0.907. The highest BCUT2D eigenvalue weighted by Gasteiger charge is 2.23. The molecule has 0 spiro atoms. The van der Waals surface area contributed by atoms with Gasteiger partial charge in [-0.25, -0.2) is 0 Å². The number of carbonyl (C=O) groups excluding carboxylic acids is 1. The first-order valence-corrected chi connectivity index (χ1v) is 7.01. The molecular weight excluding hydrogens is 266 g/mol. The molecule has 1 atom stereocenters. The second-order valence-corrected chi connectivity index (χ2v) is 5.08. The van der Waals surface area contributed by atoms with Crippen molar-refractivity contribution in [2.45, 2.75) is 18.9 Å². The van der Waals surface area contributed by atoms with Crippen LogP contribution < -0.4 is 10.1 Å². The number of nitrogens with one attached hydrogen (secondary N) is 1. The predicted octanol–water partition coefficient (Wildman–Crippen LogP) is 2.68. The van der Waals surface area contributed by atoms with Gasteiger partial charge in [-0.3, -0.25) is 4.79 Å². The summed E-state index contributed by atoms with van der Waals surface area (Å²) in [4.78, 5) is 11.9. The molecule has 0 radical (unpaired) electrons. The Bertz CT molecular complexity index is 640. The lowest BCUT2D eigenvalue weighted by Gasteiger charge is -2.11. The predicted molar refractivity (Wildman–Crippen MR) is 80.3 cm³/mol. The van der Waals surface area contributed by atoms with Gasteiger partial charge in [0.15, 0.2) is 6.61 Å². The maximum absolute atomic E-state index is 11.9. The molecule has 0 heterocycles. The van der Waals surface area contributed by atoms with Crippen LogP contribution in [-0.4, -0.2) is 17.6 Å². The molecule has 4 heteroatoms. The van der Waals surface area contributed by atoms with E-state index in [0.29, 0.717) is 12.2 Å². The minimum atomic E-state index is -0.415. The number of aliphatic hydroxyl groups is 1. The van der Waals surface area contributed by atoms with Gasteiger partial charge in [0.05, 0.1) is 6.10 Å². The Hall–Kier alpha value is -2.33.